The molecular formula is C18H21N5O2. The van der Waals surface area contributed by atoms with Gasteiger partial charge in [-0.2, -0.15) is 5.10 Å². The summed E-state index contributed by atoms with van der Waals surface area (Å²) in [4.78, 5) is 27.7. The molecule has 2 aromatic rings. The Morgan fingerprint density at radius 3 is 2.76 bits per heavy atom. The summed E-state index contributed by atoms with van der Waals surface area (Å²) in [5.41, 5.74) is 1.78. The molecule has 4 rings (SSSR count). The smallest absolute Gasteiger partial charge is 0.320 e. The number of carbonyl (C=O) groups is 2. The van der Waals surface area contributed by atoms with Crippen LogP contribution in [0.5, 0.6) is 0 Å². The number of hydrogen-bond donors (Lipinski definition) is 1. The maximum Gasteiger partial charge on any atom is 0.323 e. The number of carbonyl (C=O) groups excluding carboxylic acids is 2. The van der Waals surface area contributed by atoms with E-state index in [-0.39, 0.29) is 24.5 Å². The lowest BCUT2D eigenvalue weighted by atomic mass is 10.1. The van der Waals surface area contributed by atoms with Gasteiger partial charge in [-0.05, 0) is 25.3 Å². The number of rotatable bonds is 4. The topological polar surface area (TPSA) is 70.5 Å². The summed E-state index contributed by atoms with van der Waals surface area (Å²) in [6, 6.07) is 10.2. The van der Waals surface area contributed by atoms with Gasteiger partial charge in [0.05, 0.1) is 24.6 Å². The second kappa shape index (κ2) is 6.23. The third kappa shape index (κ3) is 3.22. The van der Waals surface area contributed by atoms with Crippen molar-refractivity contribution in [3.63, 3.8) is 0 Å². The fourth-order valence-corrected chi connectivity index (χ4v) is 3.11. The molecule has 1 aromatic carbocycles. The van der Waals surface area contributed by atoms with Gasteiger partial charge in [0.25, 0.3) is 0 Å². The third-order valence-electron chi connectivity index (χ3n) is 4.78. The van der Waals surface area contributed by atoms with Crippen molar-refractivity contribution in [3.05, 3.63) is 48.3 Å². The van der Waals surface area contributed by atoms with Gasteiger partial charge in [-0.15, -0.1) is 0 Å². The number of amides is 3. The first-order valence-electron chi connectivity index (χ1n) is 8.56. The molecule has 2 aliphatic rings. The van der Waals surface area contributed by atoms with Crippen LogP contribution in [-0.4, -0.2) is 50.8 Å². The predicted octanol–water partition coefficient (Wildman–Crippen LogP) is 2.29. The lowest BCUT2D eigenvalue weighted by Gasteiger charge is -2.17. The summed E-state index contributed by atoms with van der Waals surface area (Å²) < 4.78 is 1.82. The lowest BCUT2D eigenvalue weighted by Crippen LogP contribution is -2.35. The summed E-state index contributed by atoms with van der Waals surface area (Å²) in [7, 11) is 0. The third-order valence-corrected chi connectivity index (χ3v) is 4.78. The second-order valence-corrected chi connectivity index (χ2v) is 6.66. The zero-order chi connectivity index (χ0) is 17.4. The van der Waals surface area contributed by atoms with Crippen molar-refractivity contribution < 1.29 is 9.59 Å². The molecule has 1 aliphatic heterocycles. The van der Waals surface area contributed by atoms with E-state index < -0.39 is 0 Å². The van der Waals surface area contributed by atoms with Crippen LogP contribution in [-0.2, 0) is 4.79 Å². The molecule has 1 unspecified atom stereocenters. The molecule has 0 spiro atoms. The maximum atomic E-state index is 12.4. The van der Waals surface area contributed by atoms with E-state index in [1.54, 1.807) is 16.0 Å². The monoisotopic (exact) mass is 339 g/mol. The molecule has 0 radical (unpaired) electrons. The zero-order valence-corrected chi connectivity index (χ0v) is 14.1. The van der Waals surface area contributed by atoms with Gasteiger partial charge in [-0.1, -0.05) is 30.3 Å². The number of hydrogen-bond acceptors (Lipinski definition) is 3. The van der Waals surface area contributed by atoms with Crippen LogP contribution in [0.15, 0.2) is 42.7 Å². The molecule has 1 atom stereocenters. The highest BCUT2D eigenvalue weighted by atomic mass is 16.2. The van der Waals surface area contributed by atoms with Crippen LogP contribution in [0.3, 0.4) is 0 Å². The summed E-state index contributed by atoms with van der Waals surface area (Å²) in [6.45, 7) is 2.58. The molecular weight excluding hydrogens is 318 g/mol. The maximum absolute atomic E-state index is 12.4. The fraction of sp³-hybridized carbons (Fsp3) is 0.389. The molecule has 3 amide bonds. The molecule has 1 aliphatic carbocycles. The standard InChI is InChI=1S/C18H21N5O2/c1-13(14-5-3-2-4-6-14)23-10-15(9-19-23)20-18(25)21-11-17(24)22(12-21)16-7-8-16/h2-6,9-10,13,16H,7-8,11-12H2,1H3,(H,20,25). The summed E-state index contributed by atoms with van der Waals surface area (Å²) in [5.74, 6) is 0.0334. The average Bonchev–Trinajstić information content (AvgIpc) is 3.24. The number of nitrogens with one attached hydrogen (secondary N) is 1. The van der Waals surface area contributed by atoms with Crippen molar-refractivity contribution in [1.82, 2.24) is 19.6 Å². The van der Waals surface area contributed by atoms with Crippen molar-refractivity contribution in [2.24, 2.45) is 0 Å². The molecule has 2 heterocycles. The van der Waals surface area contributed by atoms with E-state index in [2.05, 4.69) is 17.3 Å². The van der Waals surface area contributed by atoms with Crippen LogP contribution in [0.25, 0.3) is 0 Å². The highest BCUT2D eigenvalue weighted by Crippen LogP contribution is 2.29. The van der Waals surface area contributed by atoms with Crippen molar-refractivity contribution in [3.8, 4) is 0 Å². The molecule has 1 N–H and O–H groups in total. The number of aromatic nitrogens is 2. The Kier molecular flexibility index (Phi) is 3.91. The minimum absolute atomic E-state index is 0.0334. The molecule has 1 aromatic heterocycles. The van der Waals surface area contributed by atoms with Crippen LogP contribution >= 0.6 is 0 Å². The Morgan fingerprint density at radius 2 is 2.04 bits per heavy atom. The first-order valence-corrected chi connectivity index (χ1v) is 8.56. The molecule has 7 nitrogen and oxygen atoms in total. The van der Waals surface area contributed by atoms with Gasteiger partial charge >= 0.3 is 6.03 Å². The van der Waals surface area contributed by atoms with E-state index in [0.29, 0.717) is 18.4 Å². The Hall–Kier alpha value is -2.83. The van der Waals surface area contributed by atoms with Crippen molar-refractivity contribution >= 4 is 17.6 Å². The van der Waals surface area contributed by atoms with Crippen molar-refractivity contribution in [2.75, 3.05) is 18.5 Å². The van der Waals surface area contributed by atoms with Crippen LogP contribution in [0, 0.1) is 0 Å². The quantitative estimate of drug-likeness (QED) is 0.929. The van der Waals surface area contributed by atoms with E-state index in [4.69, 9.17) is 0 Å². The van der Waals surface area contributed by atoms with E-state index in [0.717, 1.165) is 18.4 Å². The fourth-order valence-electron chi connectivity index (χ4n) is 3.11. The Morgan fingerprint density at radius 1 is 1.28 bits per heavy atom. The second-order valence-electron chi connectivity index (χ2n) is 6.66. The van der Waals surface area contributed by atoms with Crippen LogP contribution in [0.1, 0.15) is 31.4 Å². The molecule has 25 heavy (non-hydrogen) atoms. The minimum atomic E-state index is -0.261. The molecule has 0 bridgehead atoms. The number of anilines is 1. The highest BCUT2D eigenvalue weighted by molar-refractivity contribution is 5.94. The van der Waals surface area contributed by atoms with Gasteiger partial charge in [0.15, 0.2) is 0 Å². The predicted molar refractivity (Wildman–Crippen MR) is 92.9 cm³/mol. The minimum Gasteiger partial charge on any atom is -0.320 e. The van der Waals surface area contributed by atoms with Gasteiger partial charge in [-0.3, -0.25) is 14.4 Å². The first kappa shape index (κ1) is 15.7. The Balaban J connectivity index is 1.39. The van der Waals surface area contributed by atoms with Gasteiger partial charge < -0.3 is 10.2 Å². The van der Waals surface area contributed by atoms with Gasteiger partial charge in [0, 0.05) is 12.2 Å². The zero-order valence-electron chi connectivity index (χ0n) is 14.1. The Labute approximate surface area is 146 Å². The average molecular weight is 339 g/mol. The molecule has 1 saturated heterocycles. The van der Waals surface area contributed by atoms with Gasteiger partial charge in [0.2, 0.25) is 5.91 Å². The van der Waals surface area contributed by atoms with Crippen LogP contribution in [0.4, 0.5) is 10.5 Å². The summed E-state index contributed by atoms with van der Waals surface area (Å²) in [6.07, 6.45) is 5.54. The number of urea groups is 1. The molecule has 130 valence electrons. The van der Waals surface area contributed by atoms with Crippen LogP contribution in [0.2, 0.25) is 0 Å². The van der Waals surface area contributed by atoms with Crippen LogP contribution < -0.4 is 5.32 Å². The SMILES string of the molecule is CC(c1ccccc1)n1cc(NC(=O)N2CC(=O)N(C3CC3)C2)cn1. The first-order chi connectivity index (χ1) is 12.1. The van der Waals surface area contributed by atoms with Crippen molar-refractivity contribution in [2.45, 2.75) is 31.8 Å². The normalized spacial score (nSPS) is 18.5. The van der Waals surface area contributed by atoms with E-state index in [1.165, 1.54) is 0 Å². The van der Waals surface area contributed by atoms with E-state index in [9.17, 15) is 9.59 Å². The van der Waals surface area contributed by atoms with Crippen molar-refractivity contribution in [1.29, 1.82) is 0 Å². The van der Waals surface area contributed by atoms with Gasteiger partial charge in [-0.25, -0.2) is 4.79 Å². The Bertz CT molecular complexity index is 784. The molecule has 7 heteroatoms. The van der Waals surface area contributed by atoms with Gasteiger partial charge in [0.1, 0.15) is 6.54 Å². The summed E-state index contributed by atoms with van der Waals surface area (Å²) in [5, 5.41) is 7.18. The lowest BCUT2D eigenvalue weighted by molar-refractivity contribution is -0.127. The molecule has 2 fully saturated rings. The number of benzene rings is 1. The van der Waals surface area contributed by atoms with E-state index in [1.807, 2.05) is 41.2 Å². The molecule has 1 saturated carbocycles. The summed E-state index contributed by atoms with van der Waals surface area (Å²) >= 11 is 0. The number of nitrogens with zero attached hydrogens (tertiary/aromatic N) is 4. The largest absolute Gasteiger partial charge is 0.323 e. The van der Waals surface area contributed by atoms with E-state index >= 15 is 0 Å². The highest BCUT2D eigenvalue weighted by Gasteiger charge is 2.39.